The summed E-state index contributed by atoms with van der Waals surface area (Å²) in [5.41, 5.74) is 2.16. The molecule has 0 saturated carbocycles. The highest BCUT2D eigenvalue weighted by atomic mass is 16.2. The molecule has 1 N–H and O–H groups in total. The molecule has 3 aromatic rings. The highest BCUT2D eigenvalue weighted by Gasteiger charge is 2.46. The van der Waals surface area contributed by atoms with E-state index in [1.807, 2.05) is 28.9 Å². The summed E-state index contributed by atoms with van der Waals surface area (Å²) in [6.07, 6.45) is 8.74. The molecule has 2 aromatic heterocycles. The quantitative estimate of drug-likeness (QED) is 0.776. The summed E-state index contributed by atoms with van der Waals surface area (Å²) in [7, 11) is 0. The molecule has 0 radical (unpaired) electrons. The van der Waals surface area contributed by atoms with Crippen LogP contribution in [-0.2, 0) is 11.3 Å². The summed E-state index contributed by atoms with van der Waals surface area (Å²) in [6, 6.07) is 13.2. The number of nitrogens with zero attached hydrogens (tertiary/aromatic N) is 4. The van der Waals surface area contributed by atoms with E-state index in [2.05, 4.69) is 44.5 Å². The zero-order valence-electron chi connectivity index (χ0n) is 15.2. The van der Waals surface area contributed by atoms with Crippen LogP contribution >= 0.6 is 0 Å². The SMILES string of the molecule is O=C(NCc1cn2cccnc2n1)[C@H]1C[C@@H](c2ccccc2)N2CCC[C@H]12. The van der Waals surface area contributed by atoms with Crippen molar-refractivity contribution in [2.24, 2.45) is 5.92 Å². The van der Waals surface area contributed by atoms with Gasteiger partial charge in [0.1, 0.15) is 0 Å². The van der Waals surface area contributed by atoms with Crippen LogP contribution < -0.4 is 5.32 Å². The second kappa shape index (κ2) is 6.78. The zero-order valence-corrected chi connectivity index (χ0v) is 15.2. The Bertz CT molecular complexity index is 920. The van der Waals surface area contributed by atoms with Crippen molar-refractivity contribution in [3.8, 4) is 0 Å². The summed E-state index contributed by atoms with van der Waals surface area (Å²) in [5, 5.41) is 3.12. The molecule has 2 fully saturated rings. The van der Waals surface area contributed by atoms with Gasteiger partial charge >= 0.3 is 0 Å². The smallest absolute Gasteiger partial charge is 0.233 e. The molecule has 0 spiro atoms. The lowest BCUT2D eigenvalue weighted by Gasteiger charge is -2.24. The maximum atomic E-state index is 13.0. The number of carbonyl (C=O) groups is 1. The number of hydrogen-bond acceptors (Lipinski definition) is 4. The number of imidazole rings is 1. The molecule has 4 heterocycles. The Hall–Kier alpha value is -2.73. The third kappa shape index (κ3) is 3.00. The number of fused-ring (bicyclic) bond motifs is 2. The lowest BCUT2D eigenvalue weighted by atomic mass is 9.93. The molecule has 0 unspecified atom stereocenters. The fourth-order valence-electron chi connectivity index (χ4n) is 4.72. The molecule has 0 bridgehead atoms. The molecule has 6 heteroatoms. The number of aromatic nitrogens is 3. The maximum Gasteiger partial charge on any atom is 0.233 e. The number of benzene rings is 1. The fourth-order valence-corrected chi connectivity index (χ4v) is 4.72. The lowest BCUT2D eigenvalue weighted by molar-refractivity contribution is -0.125. The molecular weight excluding hydrogens is 338 g/mol. The van der Waals surface area contributed by atoms with E-state index in [1.54, 1.807) is 6.20 Å². The van der Waals surface area contributed by atoms with Crippen LogP contribution in [0.15, 0.2) is 55.0 Å². The molecule has 2 aliphatic rings. The van der Waals surface area contributed by atoms with Gasteiger partial charge in [0.25, 0.3) is 0 Å². The van der Waals surface area contributed by atoms with Crippen LogP contribution in [0.2, 0.25) is 0 Å². The Kier molecular flexibility index (Phi) is 4.13. The molecule has 2 aliphatic heterocycles. The van der Waals surface area contributed by atoms with Crippen LogP contribution in [0.3, 0.4) is 0 Å². The van der Waals surface area contributed by atoms with Crippen LogP contribution in [-0.4, -0.2) is 37.8 Å². The van der Waals surface area contributed by atoms with Crippen molar-refractivity contribution in [3.05, 3.63) is 66.2 Å². The predicted molar refractivity (Wildman–Crippen MR) is 102 cm³/mol. The third-order valence-electron chi connectivity index (χ3n) is 5.93. The van der Waals surface area contributed by atoms with Crippen LogP contribution in [0.25, 0.3) is 5.78 Å². The van der Waals surface area contributed by atoms with Crippen LogP contribution in [0.4, 0.5) is 0 Å². The Morgan fingerprint density at radius 3 is 2.96 bits per heavy atom. The minimum Gasteiger partial charge on any atom is -0.350 e. The predicted octanol–water partition coefficient (Wildman–Crippen LogP) is 2.57. The fraction of sp³-hybridized carbons (Fsp3) is 0.381. The lowest BCUT2D eigenvalue weighted by Crippen LogP contribution is -2.37. The molecule has 2 saturated heterocycles. The highest BCUT2D eigenvalue weighted by molar-refractivity contribution is 5.80. The van der Waals surface area contributed by atoms with E-state index in [0.717, 1.165) is 25.1 Å². The molecule has 5 rings (SSSR count). The number of carbonyl (C=O) groups excluding carboxylic acids is 1. The van der Waals surface area contributed by atoms with Gasteiger partial charge in [0.2, 0.25) is 11.7 Å². The second-order valence-electron chi connectivity index (χ2n) is 7.49. The topological polar surface area (TPSA) is 62.5 Å². The van der Waals surface area contributed by atoms with E-state index >= 15 is 0 Å². The number of rotatable bonds is 4. The monoisotopic (exact) mass is 361 g/mol. The number of nitrogens with one attached hydrogen (secondary N) is 1. The first kappa shape index (κ1) is 16.4. The van der Waals surface area contributed by atoms with E-state index in [0.29, 0.717) is 24.4 Å². The molecule has 1 amide bonds. The van der Waals surface area contributed by atoms with Crippen molar-refractivity contribution in [2.45, 2.75) is 37.9 Å². The molecule has 6 nitrogen and oxygen atoms in total. The molecule has 138 valence electrons. The van der Waals surface area contributed by atoms with Gasteiger partial charge in [-0.2, -0.15) is 0 Å². The average Bonchev–Trinajstić information content (AvgIpc) is 3.41. The first-order valence-corrected chi connectivity index (χ1v) is 9.66. The molecule has 3 atom stereocenters. The molecule has 0 aliphatic carbocycles. The summed E-state index contributed by atoms with van der Waals surface area (Å²) >= 11 is 0. The van der Waals surface area contributed by atoms with E-state index in [1.165, 1.54) is 12.0 Å². The zero-order chi connectivity index (χ0) is 18.2. The van der Waals surface area contributed by atoms with Crippen LogP contribution in [0.5, 0.6) is 0 Å². The van der Waals surface area contributed by atoms with Crippen molar-refractivity contribution < 1.29 is 4.79 Å². The van der Waals surface area contributed by atoms with Crippen molar-refractivity contribution in [2.75, 3.05) is 6.54 Å². The Labute approximate surface area is 158 Å². The van der Waals surface area contributed by atoms with E-state index in [-0.39, 0.29) is 11.8 Å². The normalized spacial score (nSPS) is 25.0. The van der Waals surface area contributed by atoms with Crippen LogP contribution in [0.1, 0.15) is 36.6 Å². The summed E-state index contributed by atoms with van der Waals surface area (Å²) in [5.74, 6) is 0.858. The second-order valence-corrected chi connectivity index (χ2v) is 7.49. The van der Waals surface area contributed by atoms with E-state index < -0.39 is 0 Å². The van der Waals surface area contributed by atoms with Crippen molar-refractivity contribution in [3.63, 3.8) is 0 Å². The molecule has 1 aromatic carbocycles. The van der Waals surface area contributed by atoms with Gasteiger partial charge in [-0.15, -0.1) is 0 Å². The van der Waals surface area contributed by atoms with E-state index in [9.17, 15) is 4.79 Å². The van der Waals surface area contributed by atoms with E-state index in [4.69, 9.17) is 0 Å². The molecule has 27 heavy (non-hydrogen) atoms. The average molecular weight is 361 g/mol. The van der Waals surface area contributed by atoms with Crippen molar-refractivity contribution in [1.29, 1.82) is 0 Å². The minimum absolute atomic E-state index is 0.0489. The third-order valence-corrected chi connectivity index (χ3v) is 5.93. The number of hydrogen-bond donors (Lipinski definition) is 1. The van der Waals surface area contributed by atoms with Gasteiger partial charge in [-0.05, 0) is 37.4 Å². The van der Waals surface area contributed by atoms with Gasteiger partial charge in [-0.25, -0.2) is 9.97 Å². The molecular formula is C21H23N5O. The number of amides is 1. The summed E-state index contributed by atoms with van der Waals surface area (Å²) in [4.78, 5) is 24.2. The first-order chi connectivity index (χ1) is 13.3. The largest absolute Gasteiger partial charge is 0.350 e. The van der Waals surface area contributed by atoms with Gasteiger partial charge in [-0.1, -0.05) is 30.3 Å². The summed E-state index contributed by atoms with van der Waals surface area (Å²) < 4.78 is 1.88. The maximum absolute atomic E-state index is 13.0. The highest BCUT2D eigenvalue weighted by Crippen LogP contribution is 2.44. The minimum atomic E-state index is 0.0489. The Morgan fingerprint density at radius 2 is 2.11 bits per heavy atom. The Morgan fingerprint density at radius 1 is 1.22 bits per heavy atom. The van der Waals surface area contributed by atoms with Crippen LogP contribution in [0, 0.1) is 5.92 Å². The van der Waals surface area contributed by atoms with Gasteiger partial charge in [0.15, 0.2) is 0 Å². The standard InChI is InChI=1S/C21H23N5O/c27-20(23-13-16-14-25-10-5-9-22-21(25)24-16)17-12-19(15-6-2-1-3-7-15)26-11-4-8-18(17)26/h1-3,5-7,9-10,14,17-19H,4,8,11-13H2,(H,23,27)/t17-,18+,19-/m0/s1. The van der Waals surface area contributed by atoms with Crippen molar-refractivity contribution in [1.82, 2.24) is 24.6 Å². The van der Waals surface area contributed by atoms with Gasteiger partial charge in [-0.3, -0.25) is 14.1 Å². The first-order valence-electron chi connectivity index (χ1n) is 9.66. The van der Waals surface area contributed by atoms with Gasteiger partial charge in [0, 0.05) is 30.7 Å². The van der Waals surface area contributed by atoms with Gasteiger partial charge < -0.3 is 5.32 Å². The summed E-state index contributed by atoms with van der Waals surface area (Å²) in [6.45, 7) is 1.54. The Balaban J connectivity index is 1.29. The van der Waals surface area contributed by atoms with Gasteiger partial charge in [0.05, 0.1) is 18.2 Å². The van der Waals surface area contributed by atoms with Crippen molar-refractivity contribution >= 4 is 11.7 Å².